The summed E-state index contributed by atoms with van der Waals surface area (Å²) in [5, 5.41) is 2.72. The third kappa shape index (κ3) is 5.36. The second-order valence-corrected chi connectivity index (χ2v) is 13.6. The number of sulfone groups is 1. The van der Waals surface area contributed by atoms with Gasteiger partial charge >= 0.3 is 0 Å². The number of anilines is 1. The van der Waals surface area contributed by atoms with Gasteiger partial charge in [-0.15, -0.1) is 11.8 Å². The number of carbonyl (C=O) groups is 1. The molecule has 2 aliphatic heterocycles. The summed E-state index contributed by atoms with van der Waals surface area (Å²) in [6.45, 7) is 1.03. The topological polar surface area (TPSA) is 101 Å². The van der Waals surface area contributed by atoms with Crippen molar-refractivity contribution in [1.29, 1.82) is 0 Å². The van der Waals surface area contributed by atoms with E-state index in [4.69, 9.17) is 0 Å². The molecule has 2 aromatic rings. The fraction of sp³-hybridized carbons (Fsp3) is 0.409. The van der Waals surface area contributed by atoms with Crippen molar-refractivity contribution in [2.45, 2.75) is 40.7 Å². The molecular formula is C22H26N2O5S3. The van der Waals surface area contributed by atoms with Gasteiger partial charge in [-0.3, -0.25) is 4.79 Å². The zero-order valence-electron chi connectivity index (χ0n) is 17.6. The van der Waals surface area contributed by atoms with Crippen molar-refractivity contribution >= 4 is 43.2 Å². The fourth-order valence-corrected chi connectivity index (χ4v) is 9.17. The van der Waals surface area contributed by atoms with Crippen LogP contribution in [-0.4, -0.2) is 56.9 Å². The van der Waals surface area contributed by atoms with Gasteiger partial charge < -0.3 is 5.32 Å². The average molecular weight is 495 g/mol. The summed E-state index contributed by atoms with van der Waals surface area (Å²) < 4.78 is 51.0. The lowest BCUT2D eigenvalue weighted by Crippen LogP contribution is -2.35. The molecular weight excluding hydrogens is 468 g/mol. The number of amides is 1. The molecule has 2 aliphatic rings. The van der Waals surface area contributed by atoms with Crippen molar-refractivity contribution in [3.8, 4) is 0 Å². The van der Waals surface area contributed by atoms with E-state index < -0.39 is 19.9 Å². The average Bonchev–Trinajstić information content (AvgIpc) is 3.13. The summed E-state index contributed by atoms with van der Waals surface area (Å²) in [5.41, 5.74) is 0.836. The summed E-state index contributed by atoms with van der Waals surface area (Å²) in [6, 6.07) is 13.4. The smallest absolute Gasteiger partial charge is 0.256 e. The Morgan fingerprint density at radius 1 is 1.03 bits per heavy atom. The number of rotatable bonds is 6. The number of benzene rings is 2. The largest absolute Gasteiger partial charge is 0.322 e. The first-order valence-electron chi connectivity index (χ1n) is 10.6. The van der Waals surface area contributed by atoms with E-state index in [1.165, 1.54) is 22.1 Å². The summed E-state index contributed by atoms with van der Waals surface area (Å²) >= 11 is 1.40. The Bertz CT molecular complexity index is 1210. The lowest BCUT2D eigenvalue weighted by molar-refractivity contribution is 0.102. The van der Waals surface area contributed by atoms with Crippen LogP contribution < -0.4 is 5.32 Å². The van der Waals surface area contributed by atoms with Crippen LogP contribution in [0.4, 0.5) is 5.69 Å². The predicted molar refractivity (Wildman–Crippen MR) is 126 cm³/mol. The number of nitrogens with zero attached hydrogens (tertiary/aromatic N) is 1. The van der Waals surface area contributed by atoms with Crippen molar-refractivity contribution in [2.75, 3.05) is 29.9 Å². The minimum Gasteiger partial charge on any atom is -0.322 e. The molecule has 0 unspecified atom stereocenters. The van der Waals surface area contributed by atoms with Crippen molar-refractivity contribution in [3.05, 3.63) is 54.1 Å². The van der Waals surface area contributed by atoms with Gasteiger partial charge in [0, 0.05) is 28.9 Å². The zero-order chi connectivity index (χ0) is 22.8. The minimum atomic E-state index is -3.60. The molecule has 0 bridgehead atoms. The number of piperidine rings is 1. The second kappa shape index (κ2) is 9.54. The molecule has 4 rings (SSSR count). The van der Waals surface area contributed by atoms with Crippen molar-refractivity contribution in [2.24, 2.45) is 0 Å². The minimum absolute atomic E-state index is 0.0769. The lowest BCUT2D eigenvalue weighted by atomic mass is 10.2. The predicted octanol–water partition coefficient (Wildman–Crippen LogP) is 3.39. The molecule has 172 valence electrons. The van der Waals surface area contributed by atoms with E-state index in [2.05, 4.69) is 5.32 Å². The summed E-state index contributed by atoms with van der Waals surface area (Å²) in [5.74, 6) is -0.0668. The molecule has 1 N–H and O–H groups in total. The summed E-state index contributed by atoms with van der Waals surface area (Å²) in [4.78, 5) is 13.9. The third-order valence-electron chi connectivity index (χ3n) is 5.66. The third-order valence-corrected chi connectivity index (χ3v) is 10.9. The maximum atomic E-state index is 13.0. The van der Waals surface area contributed by atoms with Crippen LogP contribution in [0.15, 0.2) is 58.3 Å². The van der Waals surface area contributed by atoms with Gasteiger partial charge in [0.25, 0.3) is 5.91 Å². The van der Waals surface area contributed by atoms with Crippen molar-refractivity contribution in [3.63, 3.8) is 0 Å². The molecule has 0 saturated carbocycles. The van der Waals surface area contributed by atoms with Gasteiger partial charge in [0.1, 0.15) is 0 Å². The Hall–Kier alpha value is -1.88. The van der Waals surface area contributed by atoms with E-state index in [1.54, 1.807) is 30.3 Å². The van der Waals surface area contributed by atoms with Crippen LogP contribution in [0.5, 0.6) is 0 Å². The Balaban J connectivity index is 1.51. The van der Waals surface area contributed by atoms with Gasteiger partial charge in [-0.1, -0.05) is 24.6 Å². The van der Waals surface area contributed by atoms with Crippen LogP contribution in [0.3, 0.4) is 0 Å². The second-order valence-electron chi connectivity index (χ2n) is 8.09. The Kier molecular flexibility index (Phi) is 6.94. The lowest BCUT2D eigenvalue weighted by Gasteiger charge is -2.26. The van der Waals surface area contributed by atoms with Crippen LogP contribution in [0, 0.1) is 0 Å². The molecule has 7 nitrogen and oxygen atoms in total. The zero-order valence-corrected chi connectivity index (χ0v) is 20.0. The van der Waals surface area contributed by atoms with E-state index in [0.29, 0.717) is 35.7 Å². The van der Waals surface area contributed by atoms with E-state index in [1.807, 2.05) is 12.1 Å². The van der Waals surface area contributed by atoms with E-state index in [-0.39, 0.29) is 27.6 Å². The Morgan fingerprint density at radius 2 is 1.78 bits per heavy atom. The number of carbonyl (C=O) groups excluding carboxylic acids is 1. The van der Waals surface area contributed by atoms with E-state index in [9.17, 15) is 21.6 Å². The number of thioether (sulfide) groups is 1. The normalized spacial score (nSPS) is 21.3. The maximum Gasteiger partial charge on any atom is 0.256 e. The van der Waals surface area contributed by atoms with Crippen molar-refractivity contribution < 1.29 is 21.6 Å². The number of nitrogens with one attached hydrogen (secondary N) is 1. The highest BCUT2D eigenvalue weighted by molar-refractivity contribution is 8.02. The molecule has 32 heavy (non-hydrogen) atoms. The standard InChI is InChI=1S/C22H26N2O5S3/c25-22(20-9-2-3-10-21(20)30-18-11-14-31(26,27)16-18)23-17-7-6-8-19(15-17)32(28,29)24-12-4-1-5-13-24/h2-3,6-10,15,18H,1,4-5,11-14,16H2,(H,23,25)/t18-/m1/s1. The fourth-order valence-electron chi connectivity index (χ4n) is 3.98. The summed E-state index contributed by atoms with van der Waals surface area (Å²) in [6.07, 6.45) is 3.31. The number of hydrogen-bond acceptors (Lipinski definition) is 6. The molecule has 10 heteroatoms. The molecule has 0 radical (unpaired) electrons. The van der Waals surface area contributed by atoms with Crippen LogP contribution in [0.1, 0.15) is 36.0 Å². The SMILES string of the molecule is O=C(Nc1cccc(S(=O)(=O)N2CCCCC2)c1)c1ccccc1S[C@@H]1CCS(=O)(=O)C1. The van der Waals surface area contributed by atoms with Gasteiger partial charge in [-0.05, 0) is 49.6 Å². The number of hydrogen-bond donors (Lipinski definition) is 1. The quantitative estimate of drug-likeness (QED) is 0.661. The van der Waals surface area contributed by atoms with Gasteiger partial charge in [0.15, 0.2) is 9.84 Å². The molecule has 2 fully saturated rings. The van der Waals surface area contributed by atoms with E-state index >= 15 is 0 Å². The van der Waals surface area contributed by atoms with Crippen LogP contribution in [0.2, 0.25) is 0 Å². The highest BCUT2D eigenvalue weighted by Gasteiger charge is 2.30. The first-order chi connectivity index (χ1) is 15.2. The molecule has 1 amide bonds. The Labute approximate surface area is 193 Å². The van der Waals surface area contributed by atoms with Gasteiger partial charge in [0.05, 0.1) is 22.0 Å². The first kappa shape index (κ1) is 23.3. The van der Waals surface area contributed by atoms with Gasteiger partial charge in [0.2, 0.25) is 10.0 Å². The van der Waals surface area contributed by atoms with Gasteiger partial charge in [-0.2, -0.15) is 4.31 Å². The highest BCUT2D eigenvalue weighted by Crippen LogP contribution is 2.33. The summed E-state index contributed by atoms with van der Waals surface area (Å²) in [7, 11) is -6.61. The van der Waals surface area contributed by atoms with Crippen LogP contribution in [-0.2, 0) is 19.9 Å². The van der Waals surface area contributed by atoms with Crippen molar-refractivity contribution in [1.82, 2.24) is 4.31 Å². The Morgan fingerprint density at radius 3 is 2.50 bits per heavy atom. The van der Waals surface area contributed by atoms with E-state index in [0.717, 1.165) is 19.3 Å². The van der Waals surface area contributed by atoms with Crippen LogP contribution in [0.25, 0.3) is 0 Å². The maximum absolute atomic E-state index is 13.0. The van der Waals surface area contributed by atoms with Gasteiger partial charge in [-0.25, -0.2) is 16.8 Å². The molecule has 2 aromatic carbocycles. The molecule has 2 heterocycles. The van der Waals surface area contributed by atoms with Crippen LogP contribution >= 0.6 is 11.8 Å². The molecule has 2 saturated heterocycles. The highest BCUT2D eigenvalue weighted by atomic mass is 32.2. The molecule has 0 spiro atoms. The first-order valence-corrected chi connectivity index (χ1v) is 14.8. The number of sulfonamides is 1. The molecule has 0 aromatic heterocycles. The molecule has 0 aliphatic carbocycles. The monoisotopic (exact) mass is 494 g/mol. The molecule has 1 atom stereocenters.